The fourth-order valence-electron chi connectivity index (χ4n) is 1.27. The van der Waals surface area contributed by atoms with Crippen LogP contribution in [0.15, 0.2) is 29.8 Å². The Balaban J connectivity index is 1.97. The lowest BCUT2D eigenvalue weighted by molar-refractivity contribution is 0.100. The highest BCUT2D eigenvalue weighted by Crippen LogP contribution is 2.16. The number of nitrogens with one attached hydrogen (secondary N) is 1. The molecule has 0 radical (unpaired) electrons. The van der Waals surface area contributed by atoms with E-state index >= 15 is 0 Å². The van der Waals surface area contributed by atoms with Crippen molar-refractivity contribution in [3.8, 4) is 0 Å². The topological polar surface area (TPSA) is 68.0 Å². The van der Waals surface area contributed by atoms with Gasteiger partial charge in [0.2, 0.25) is 11.9 Å². The van der Waals surface area contributed by atoms with E-state index in [9.17, 15) is 9.18 Å². The fraction of sp³-hybridized carbons (Fsp3) is 0.0909. The maximum absolute atomic E-state index is 12.6. The van der Waals surface area contributed by atoms with Gasteiger partial charge in [-0.2, -0.15) is 4.39 Å². The standard InChI is InChI=1S/C11H10FN3OS/c12-10-2-1-8(4-15-10)14-5-9-3-7(6-17-9)11(13)16/h1-4,6,14H,5H2,(H2,13,16). The maximum atomic E-state index is 12.6. The summed E-state index contributed by atoms with van der Waals surface area (Å²) in [5.74, 6) is -0.946. The number of anilines is 1. The summed E-state index contributed by atoms with van der Waals surface area (Å²) < 4.78 is 12.6. The molecule has 0 fully saturated rings. The van der Waals surface area contributed by atoms with Gasteiger partial charge in [0.25, 0.3) is 0 Å². The molecule has 17 heavy (non-hydrogen) atoms. The van der Waals surface area contributed by atoms with Crippen LogP contribution in [0.2, 0.25) is 0 Å². The van der Waals surface area contributed by atoms with Crippen molar-refractivity contribution in [2.24, 2.45) is 5.73 Å². The molecule has 0 aliphatic carbocycles. The van der Waals surface area contributed by atoms with E-state index in [1.54, 1.807) is 17.5 Å². The highest BCUT2D eigenvalue weighted by molar-refractivity contribution is 7.10. The lowest BCUT2D eigenvalue weighted by atomic mass is 10.3. The number of aromatic nitrogens is 1. The highest BCUT2D eigenvalue weighted by Gasteiger charge is 2.04. The molecule has 0 aromatic carbocycles. The Morgan fingerprint density at radius 2 is 2.35 bits per heavy atom. The molecule has 2 aromatic rings. The summed E-state index contributed by atoms with van der Waals surface area (Å²) >= 11 is 1.44. The van der Waals surface area contributed by atoms with Crippen LogP contribution >= 0.6 is 11.3 Å². The average molecular weight is 251 g/mol. The number of rotatable bonds is 4. The zero-order chi connectivity index (χ0) is 12.3. The predicted octanol–water partition coefficient (Wildman–Crippen LogP) is 1.99. The van der Waals surface area contributed by atoms with E-state index in [1.165, 1.54) is 23.6 Å². The molecular formula is C11H10FN3OS. The quantitative estimate of drug-likeness (QED) is 0.816. The van der Waals surface area contributed by atoms with Crippen LogP contribution in [0.25, 0.3) is 0 Å². The molecule has 2 aromatic heterocycles. The molecular weight excluding hydrogens is 241 g/mol. The van der Waals surface area contributed by atoms with Gasteiger partial charge in [-0.3, -0.25) is 4.79 Å². The summed E-state index contributed by atoms with van der Waals surface area (Å²) in [6.07, 6.45) is 1.41. The first kappa shape index (κ1) is 11.5. The third-order valence-electron chi connectivity index (χ3n) is 2.13. The van der Waals surface area contributed by atoms with E-state index in [2.05, 4.69) is 10.3 Å². The van der Waals surface area contributed by atoms with Crippen molar-refractivity contribution in [1.82, 2.24) is 4.98 Å². The van der Waals surface area contributed by atoms with E-state index in [1.807, 2.05) is 0 Å². The highest BCUT2D eigenvalue weighted by atomic mass is 32.1. The van der Waals surface area contributed by atoms with Gasteiger partial charge in [0.05, 0.1) is 17.4 Å². The number of carbonyl (C=O) groups is 1. The summed E-state index contributed by atoms with van der Waals surface area (Å²) in [5.41, 5.74) is 6.37. The van der Waals surface area contributed by atoms with Gasteiger partial charge in [0.15, 0.2) is 0 Å². The molecule has 3 N–H and O–H groups in total. The number of thiophene rings is 1. The van der Waals surface area contributed by atoms with Crippen molar-refractivity contribution < 1.29 is 9.18 Å². The SMILES string of the molecule is NC(=O)c1csc(CNc2ccc(F)nc2)c1. The van der Waals surface area contributed by atoms with Gasteiger partial charge < -0.3 is 11.1 Å². The molecule has 0 saturated heterocycles. The summed E-state index contributed by atoms with van der Waals surface area (Å²) in [6, 6.07) is 4.62. The van der Waals surface area contributed by atoms with E-state index in [0.717, 1.165) is 10.6 Å². The van der Waals surface area contributed by atoms with Crippen LogP contribution in [0.3, 0.4) is 0 Å². The van der Waals surface area contributed by atoms with Crippen molar-refractivity contribution in [1.29, 1.82) is 0 Å². The minimum Gasteiger partial charge on any atom is -0.379 e. The summed E-state index contributed by atoms with van der Waals surface area (Å²) in [7, 11) is 0. The number of hydrogen-bond donors (Lipinski definition) is 2. The number of pyridine rings is 1. The number of nitrogens with zero attached hydrogens (tertiary/aromatic N) is 1. The first-order chi connectivity index (χ1) is 8.15. The Morgan fingerprint density at radius 3 is 2.94 bits per heavy atom. The molecule has 2 heterocycles. The molecule has 0 atom stereocenters. The number of nitrogens with two attached hydrogens (primary N) is 1. The number of carbonyl (C=O) groups excluding carboxylic acids is 1. The van der Waals surface area contributed by atoms with Crippen molar-refractivity contribution in [3.05, 3.63) is 46.2 Å². The van der Waals surface area contributed by atoms with Crippen molar-refractivity contribution in [2.45, 2.75) is 6.54 Å². The normalized spacial score (nSPS) is 10.2. The van der Waals surface area contributed by atoms with Gasteiger partial charge in [-0.1, -0.05) is 0 Å². The second kappa shape index (κ2) is 4.92. The molecule has 0 saturated carbocycles. The van der Waals surface area contributed by atoms with Crippen molar-refractivity contribution >= 4 is 22.9 Å². The molecule has 0 aliphatic rings. The molecule has 4 nitrogen and oxygen atoms in total. The molecule has 88 valence electrons. The van der Waals surface area contributed by atoms with E-state index < -0.39 is 11.9 Å². The monoisotopic (exact) mass is 251 g/mol. The fourth-order valence-corrected chi connectivity index (χ4v) is 2.09. The van der Waals surface area contributed by atoms with E-state index in [4.69, 9.17) is 5.73 Å². The van der Waals surface area contributed by atoms with E-state index in [0.29, 0.717) is 12.1 Å². The maximum Gasteiger partial charge on any atom is 0.249 e. The zero-order valence-electron chi connectivity index (χ0n) is 8.81. The first-order valence-electron chi connectivity index (χ1n) is 4.88. The Bertz CT molecular complexity index is 524. The largest absolute Gasteiger partial charge is 0.379 e. The van der Waals surface area contributed by atoms with Crippen LogP contribution < -0.4 is 11.1 Å². The third-order valence-corrected chi connectivity index (χ3v) is 3.07. The van der Waals surface area contributed by atoms with Crippen LogP contribution in [0, 0.1) is 5.95 Å². The van der Waals surface area contributed by atoms with Crippen molar-refractivity contribution in [2.75, 3.05) is 5.32 Å². The second-order valence-electron chi connectivity index (χ2n) is 3.39. The van der Waals surface area contributed by atoms with Gasteiger partial charge in [-0.15, -0.1) is 11.3 Å². The second-order valence-corrected chi connectivity index (χ2v) is 4.38. The molecule has 0 spiro atoms. The predicted molar refractivity (Wildman–Crippen MR) is 64.4 cm³/mol. The van der Waals surface area contributed by atoms with Gasteiger partial charge >= 0.3 is 0 Å². The van der Waals surface area contributed by atoms with Gasteiger partial charge in [0.1, 0.15) is 0 Å². The average Bonchev–Trinajstić information content (AvgIpc) is 2.77. The van der Waals surface area contributed by atoms with Crippen LogP contribution in [0.1, 0.15) is 15.2 Å². The molecule has 0 unspecified atom stereocenters. The minimum absolute atomic E-state index is 0.434. The van der Waals surface area contributed by atoms with Crippen LogP contribution in [-0.2, 0) is 6.54 Å². The number of primary amides is 1. The zero-order valence-corrected chi connectivity index (χ0v) is 9.63. The summed E-state index contributed by atoms with van der Waals surface area (Å²) in [6.45, 7) is 0.547. The summed E-state index contributed by atoms with van der Waals surface area (Å²) in [5, 5.41) is 4.78. The molecule has 6 heteroatoms. The Labute approximate surface area is 101 Å². The van der Waals surface area contributed by atoms with Crippen molar-refractivity contribution in [3.63, 3.8) is 0 Å². The van der Waals surface area contributed by atoms with Crippen LogP contribution in [-0.4, -0.2) is 10.9 Å². The summed E-state index contributed by atoms with van der Waals surface area (Å²) in [4.78, 5) is 15.4. The molecule has 0 aliphatic heterocycles. The number of hydrogen-bond acceptors (Lipinski definition) is 4. The minimum atomic E-state index is -0.511. The van der Waals surface area contributed by atoms with Gasteiger partial charge in [-0.25, -0.2) is 4.98 Å². The lowest BCUT2D eigenvalue weighted by Crippen LogP contribution is -2.09. The third kappa shape index (κ3) is 3.01. The number of amides is 1. The molecule has 1 amide bonds. The van der Waals surface area contributed by atoms with Gasteiger partial charge in [-0.05, 0) is 18.2 Å². The van der Waals surface area contributed by atoms with Crippen LogP contribution in [0.5, 0.6) is 0 Å². The molecule has 0 bridgehead atoms. The van der Waals surface area contributed by atoms with Crippen LogP contribution in [0.4, 0.5) is 10.1 Å². The Morgan fingerprint density at radius 1 is 1.53 bits per heavy atom. The van der Waals surface area contributed by atoms with Gasteiger partial charge in [0, 0.05) is 16.8 Å². The number of halogens is 1. The smallest absolute Gasteiger partial charge is 0.249 e. The lowest BCUT2D eigenvalue weighted by Gasteiger charge is -2.03. The Hall–Kier alpha value is -1.95. The first-order valence-corrected chi connectivity index (χ1v) is 5.76. The van der Waals surface area contributed by atoms with E-state index in [-0.39, 0.29) is 0 Å². The Kier molecular flexibility index (Phi) is 3.34. The molecule has 2 rings (SSSR count).